The quantitative estimate of drug-likeness (QED) is 0.807. The van der Waals surface area contributed by atoms with E-state index in [2.05, 4.69) is 6.07 Å². The van der Waals surface area contributed by atoms with Crippen molar-refractivity contribution in [2.75, 3.05) is 14.2 Å². The van der Waals surface area contributed by atoms with Gasteiger partial charge in [-0.3, -0.25) is 4.79 Å². The number of ketones is 1. The van der Waals surface area contributed by atoms with Crippen molar-refractivity contribution in [3.05, 3.63) is 64.2 Å². The molecule has 0 N–H and O–H groups in total. The van der Waals surface area contributed by atoms with E-state index < -0.39 is 0 Å². The zero-order chi connectivity index (χ0) is 15.7. The fourth-order valence-corrected chi connectivity index (χ4v) is 2.81. The van der Waals surface area contributed by atoms with E-state index in [4.69, 9.17) is 9.47 Å². The highest BCUT2D eigenvalue weighted by atomic mass is 16.5. The molecule has 112 valence electrons. The van der Waals surface area contributed by atoms with Gasteiger partial charge in [-0.15, -0.1) is 0 Å². The Hall–Kier alpha value is -2.55. The molecule has 0 aromatic heterocycles. The Morgan fingerprint density at radius 2 is 1.77 bits per heavy atom. The lowest BCUT2D eigenvalue weighted by Gasteiger charge is -2.08. The van der Waals surface area contributed by atoms with Gasteiger partial charge in [-0.2, -0.15) is 0 Å². The van der Waals surface area contributed by atoms with E-state index in [0.29, 0.717) is 23.5 Å². The molecule has 0 radical (unpaired) electrons. The number of methoxy groups -OCH3 is 2. The molecule has 1 aliphatic carbocycles. The van der Waals surface area contributed by atoms with Gasteiger partial charge < -0.3 is 9.47 Å². The summed E-state index contributed by atoms with van der Waals surface area (Å²) < 4.78 is 10.6. The number of aryl methyl sites for hydroxylation is 1. The fourth-order valence-electron chi connectivity index (χ4n) is 2.81. The summed E-state index contributed by atoms with van der Waals surface area (Å²) in [6, 6.07) is 11.8. The zero-order valence-corrected chi connectivity index (χ0v) is 13.0. The van der Waals surface area contributed by atoms with Crippen molar-refractivity contribution in [1.82, 2.24) is 0 Å². The maximum Gasteiger partial charge on any atom is 0.189 e. The number of carbonyl (C=O) groups excluding carboxylic acids is 1. The van der Waals surface area contributed by atoms with Crippen molar-refractivity contribution in [3.63, 3.8) is 0 Å². The Morgan fingerprint density at radius 1 is 1.05 bits per heavy atom. The summed E-state index contributed by atoms with van der Waals surface area (Å²) in [6.45, 7) is 2.04. The molecular weight excluding hydrogens is 276 g/mol. The second-order valence-electron chi connectivity index (χ2n) is 5.45. The van der Waals surface area contributed by atoms with Crippen LogP contribution in [0.5, 0.6) is 11.5 Å². The van der Waals surface area contributed by atoms with Gasteiger partial charge in [-0.05, 0) is 36.3 Å². The number of fused-ring (bicyclic) bond motifs is 1. The average molecular weight is 294 g/mol. The maximum absolute atomic E-state index is 12.6. The van der Waals surface area contributed by atoms with E-state index in [1.165, 1.54) is 5.56 Å². The number of rotatable bonds is 3. The van der Waals surface area contributed by atoms with E-state index in [9.17, 15) is 4.79 Å². The van der Waals surface area contributed by atoms with Gasteiger partial charge in [0.1, 0.15) is 0 Å². The summed E-state index contributed by atoms with van der Waals surface area (Å²) in [7, 11) is 3.18. The molecule has 0 heterocycles. The summed E-state index contributed by atoms with van der Waals surface area (Å²) in [5.41, 5.74) is 4.73. The highest BCUT2D eigenvalue weighted by molar-refractivity contribution is 6.15. The van der Waals surface area contributed by atoms with Crippen LogP contribution in [0.25, 0.3) is 6.08 Å². The molecule has 0 saturated heterocycles. The molecule has 0 aliphatic heterocycles. The summed E-state index contributed by atoms with van der Waals surface area (Å²) in [5.74, 6) is 1.31. The second-order valence-corrected chi connectivity index (χ2v) is 5.45. The SMILES string of the molecule is COc1cc2c(cc1OC)C(=O)/C(=C/c1cccc(C)c1)C2. The lowest BCUT2D eigenvalue weighted by Crippen LogP contribution is -1.97. The Kier molecular flexibility index (Phi) is 3.72. The molecule has 3 rings (SSSR count). The highest BCUT2D eigenvalue weighted by Gasteiger charge is 2.27. The topological polar surface area (TPSA) is 35.5 Å². The predicted molar refractivity (Wildman–Crippen MR) is 86.7 cm³/mol. The first-order valence-corrected chi connectivity index (χ1v) is 7.19. The molecule has 2 aromatic rings. The van der Waals surface area contributed by atoms with Crippen LogP contribution in [-0.4, -0.2) is 20.0 Å². The smallest absolute Gasteiger partial charge is 0.189 e. The van der Waals surface area contributed by atoms with E-state index >= 15 is 0 Å². The molecule has 3 nitrogen and oxygen atoms in total. The van der Waals surface area contributed by atoms with Crippen LogP contribution in [-0.2, 0) is 6.42 Å². The first-order chi connectivity index (χ1) is 10.6. The molecule has 2 aromatic carbocycles. The van der Waals surface area contributed by atoms with Crippen molar-refractivity contribution in [3.8, 4) is 11.5 Å². The Bertz CT molecular complexity index is 772. The molecule has 0 spiro atoms. The summed E-state index contributed by atoms with van der Waals surface area (Å²) >= 11 is 0. The van der Waals surface area contributed by atoms with Crippen LogP contribution in [0.2, 0.25) is 0 Å². The van der Waals surface area contributed by atoms with Crippen LogP contribution in [0.4, 0.5) is 0 Å². The van der Waals surface area contributed by atoms with Crippen molar-refractivity contribution in [2.24, 2.45) is 0 Å². The average Bonchev–Trinajstić information content (AvgIpc) is 2.81. The largest absolute Gasteiger partial charge is 0.493 e. The second kappa shape index (κ2) is 5.68. The summed E-state index contributed by atoms with van der Waals surface area (Å²) in [5, 5.41) is 0. The molecule has 0 amide bonds. The molecule has 0 atom stereocenters. The van der Waals surface area contributed by atoms with Gasteiger partial charge in [0.2, 0.25) is 0 Å². The minimum atomic E-state index is 0.0671. The van der Waals surface area contributed by atoms with E-state index in [1.807, 2.05) is 37.3 Å². The van der Waals surface area contributed by atoms with Gasteiger partial charge >= 0.3 is 0 Å². The van der Waals surface area contributed by atoms with Crippen molar-refractivity contribution in [2.45, 2.75) is 13.3 Å². The standard InChI is InChI=1S/C19H18O3/c1-12-5-4-6-13(7-12)8-15-9-14-10-17(21-2)18(22-3)11-16(14)19(15)20/h4-8,10-11H,9H2,1-3H3/b15-8+. The maximum atomic E-state index is 12.6. The number of allylic oxidation sites excluding steroid dienone is 1. The molecule has 0 saturated carbocycles. The lowest BCUT2D eigenvalue weighted by atomic mass is 10.1. The molecule has 0 fully saturated rings. The third-order valence-corrected chi connectivity index (χ3v) is 3.91. The van der Waals surface area contributed by atoms with Gasteiger partial charge in [0.25, 0.3) is 0 Å². The summed E-state index contributed by atoms with van der Waals surface area (Å²) in [4.78, 5) is 12.6. The van der Waals surface area contributed by atoms with Gasteiger partial charge in [-0.25, -0.2) is 0 Å². The monoisotopic (exact) mass is 294 g/mol. The Morgan fingerprint density at radius 3 is 2.45 bits per heavy atom. The number of hydrogen-bond donors (Lipinski definition) is 0. The minimum Gasteiger partial charge on any atom is -0.493 e. The molecule has 0 unspecified atom stereocenters. The van der Waals surface area contributed by atoms with Crippen molar-refractivity contribution >= 4 is 11.9 Å². The van der Waals surface area contributed by atoms with E-state index in [0.717, 1.165) is 16.7 Å². The Labute approximate surface area is 130 Å². The predicted octanol–water partition coefficient (Wildman–Crippen LogP) is 3.83. The van der Waals surface area contributed by atoms with E-state index in [1.54, 1.807) is 20.3 Å². The molecular formula is C19H18O3. The highest BCUT2D eigenvalue weighted by Crippen LogP contribution is 2.37. The van der Waals surface area contributed by atoms with Crippen LogP contribution in [0.15, 0.2) is 42.0 Å². The van der Waals surface area contributed by atoms with E-state index in [-0.39, 0.29) is 5.78 Å². The third kappa shape index (κ3) is 2.50. The Balaban J connectivity index is 2.00. The number of hydrogen-bond acceptors (Lipinski definition) is 3. The molecule has 22 heavy (non-hydrogen) atoms. The van der Waals surface area contributed by atoms with Crippen molar-refractivity contribution < 1.29 is 14.3 Å². The van der Waals surface area contributed by atoms with Gasteiger partial charge in [-0.1, -0.05) is 29.8 Å². The normalized spacial score (nSPS) is 15.0. The lowest BCUT2D eigenvalue weighted by molar-refractivity contribution is 0.104. The van der Waals surface area contributed by atoms with Crippen LogP contribution < -0.4 is 9.47 Å². The molecule has 3 heteroatoms. The third-order valence-electron chi connectivity index (χ3n) is 3.91. The van der Waals surface area contributed by atoms with Gasteiger partial charge in [0.15, 0.2) is 17.3 Å². The van der Waals surface area contributed by atoms with Crippen LogP contribution in [0, 0.1) is 6.92 Å². The zero-order valence-electron chi connectivity index (χ0n) is 13.0. The molecule has 1 aliphatic rings. The molecule has 0 bridgehead atoms. The number of ether oxygens (including phenoxy) is 2. The number of carbonyl (C=O) groups is 1. The fraction of sp³-hybridized carbons (Fsp3) is 0.211. The first kappa shape index (κ1) is 14.4. The number of Topliss-reactive ketones (excluding diaryl/α,β-unsaturated/α-hetero) is 1. The van der Waals surface area contributed by atoms with Crippen LogP contribution in [0.1, 0.15) is 27.0 Å². The summed E-state index contributed by atoms with van der Waals surface area (Å²) in [6.07, 6.45) is 2.59. The van der Waals surface area contributed by atoms with Gasteiger partial charge in [0, 0.05) is 17.6 Å². The van der Waals surface area contributed by atoms with Gasteiger partial charge in [0.05, 0.1) is 14.2 Å². The van der Waals surface area contributed by atoms with Crippen LogP contribution in [0.3, 0.4) is 0 Å². The minimum absolute atomic E-state index is 0.0671. The van der Waals surface area contributed by atoms with Crippen LogP contribution >= 0.6 is 0 Å². The first-order valence-electron chi connectivity index (χ1n) is 7.19. The van der Waals surface area contributed by atoms with Crippen molar-refractivity contribution in [1.29, 1.82) is 0 Å². The number of benzene rings is 2.